The Labute approximate surface area is 206 Å². The van der Waals surface area contributed by atoms with E-state index >= 15 is 0 Å². The van der Waals surface area contributed by atoms with Crippen molar-refractivity contribution in [2.45, 2.75) is 39.4 Å². The fraction of sp³-hybridized carbons (Fsp3) is 0.269. The van der Waals surface area contributed by atoms with Gasteiger partial charge in [-0.15, -0.1) is 0 Å². The van der Waals surface area contributed by atoms with Crippen LogP contribution in [0.4, 0.5) is 0 Å². The van der Waals surface area contributed by atoms with Crippen LogP contribution >= 0.6 is 0 Å². The van der Waals surface area contributed by atoms with Crippen LogP contribution in [0.25, 0.3) is 21.9 Å². The first-order valence-corrected chi connectivity index (χ1v) is 11.7. The monoisotopic (exact) mass is 486 g/mol. The van der Waals surface area contributed by atoms with Crippen molar-refractivity contribution in [2.75, 3.05) is 7.11 Å². The third-order valence-corrected chi connectivity index (χ3v) is 5.95. The van der Waals surface area contributed by atoms with Crippen LogP contribution in [0.2, 0.25) is 0 Å². The minimum atomic E-state index is -0.285. The number of carbonyl (C=O) groups excluding carboxylic acids is 1. The standard InChI is InChI=1S/C26H26N6O4/c1-3-7-21-29-23(36-30-21)15-31-16-28-24-19-10-4-5-11-20(19)32(25(24)26(31)34)14-22(33)27-13-17-8-6-9-18(12-17)35-2/h4-6,8-12,16H,3,7,13-15H2,1-2H3,(H,27,33). The van der Waals surface area contributed by atoms with Crippen LogP contribution in [-0.4, -0.2) is 37.3 Å². The fourth-order valence-corrected chi connectivity index (χ4v) is 4.23. The molecule has 0 bridgehead atoms. The van der Waals surface area contributed by atoms with Crippen molar-refractivity contribution < 1.29 is 14.1 Å². The lowest BCUT2D eigenvalue weighted by Gasteiger charge is -2.10. The number of methoxy groups -OCH3 is 1. The van der Waals surface area contributed by atoms with Crippen LogP contribution in [0.3, 0.4) is 0 Å². The predicted molar refractivity (Wildman–Crippen MR) is 134 cm³/mol. The lowest BCUT2D eigenvalue weighted by Crippen LogP contribution is -2.29. The first-order valence-electron chi connectivity index (χ1n) is 11.7. The van der Waals surface area contributed by atoms with E-state index in [0.717, 1.165) is 28.6 Å². The zero-order chi connectivity index (χ0) is 25.1. The summed E-state index contributed by atoms with van der Waals surface area (Å²) in [4.78, 5) is 35.4. The molecule has 0 fully saturated rings. The normalized spacial score (nSPS) is 11.3. The number of hydrogen-bond donors (Lipinski definition) is 1. The number of benzene rings is 2. The number of ether oxygens (including phenoxy) is 1. The molecule has 0 aliphatic rings. The molecule has 3 aromatic heterocycles. The Kier molecular flexibility index (Phi) is 6.48. The second kappa shape index (κ2) is 10.0. The highest BCUT2D eigenvalue weighted by atomic mass is 16.5. The Morgan fingerprint density at radius 1 is 1.17 bits per heavy atom. The largest absolute Gasteiger partial charge is 0.497 e. The van der Waals surface area contributed by atoms with Gasteiger partial charge in [-0.1, -0.05) is 42.4 Å². The summed E-state index contributed by atoms with van der Waals surface area (Å²) >= 11 is 0. The number of aromatic nitrogens is 5. The summed E-state index contributed by atoms with van der Waals surface area (Å²) in [5.41, 5.74) is 2.28. The second-order valence-electron chi connectivity index (χ2n) is 8.46. The van der Waals surface area contributed by atoms with Gasteiger partial charge in [0.25, 0.3) is 5.56 Å². The summed E-state index contributed by atoms with van der Waals surface area (Å²) in [6, 6.07) is 15.0. The molecule has 0 aliphatic carbocycles. The molecule has 10 nitrogen and oxygen atoms in total. The van der Waals surface area contributed by atoms with Gasteiger partial charge in [0, 0.05) is 18.4 Å². The lowest BCUT2D eigenvalue weighted by molar-refractivity contribution is -0.121. The number of aryl methyl sites for hydroxylation is 1. The molecule has 1 N–H and O–H groups in total. The molecule has 5 aromatic rings. The van der Waals surface area contributed by atoms with Crippen molar-refractivity contribution in [3.8, 4) is 5.75 Å². The smallest absolute Gasteiger partial charge is 0.278 e. The van der Waals surface area contributed by atoms with Crippen LogP contribution < -0.4 is 15.6 Å². The van der Waals surface area contributed by atoms with E-state index < -0.39 is 0 Å². The number of carbonyl (C=O) groups is 1. The minimum absolute atomic E-state index is 0.0316. The number of nitrogens with zero attached hydrogens (tertiary/aromatic N) is 5. The maximum Gasteiger partial charge on any atom is 0.278 e. The van der Waals surface area contributed by atoms with Crippen molar-refractivity contribution in [1.82, 2.24) is 29.6 Å². The number of para-hydroxylation sites is 1. The Morgan fingerprint density at radius 3 is 2.86 bits per heavy atom. The van der Waals surface area contributed by atoms with Crippen molar-refractivity contribution in [3.05, 3.63) is 82.5 Å². The summed E-state index contributed by atoms with van der Waals surface area (Å²) in [5, 5.41) is 7.69. The fourth-order valence-electron chi connectivity index (χ4n) is 4.23. The quantitative estimate of drug-likeness (QED) is 0.340. The highest BCUT2D eigenvalue weighted by Gasteiger charge is 2.19. The maximum absolute atomic E-state index is 13.6. The van der Waals surface area contributed by atoms with Crippen LogP contribution in [-0.2, 0) is 30.8 Å². The summed E-state index contributed by atoms with van der Waals surface area (Å²) in [7, 11) is 1.60. The Morgan fingerprint density at radius 2 is 2.03 bits per heavy atom. The van der Waals surface area contributed by atoms with Crippen molar-refractivity contribution in [2.24, 2.45) is 0 Å². The van der Waals surface area contributed by atoms with Gasteiger partial charge < -0.3 is 19.1 Å². The van der Waals surface area contributed by atoms with E-state index in [-0.39, 0.29) is 24.6 Å². The molecule has 2 aromatic carbocycles. The molecule has 1 amide bonds. The predicted octanol–water partition coefficient (Wildman–Crippen LogP) is 3.06. The van der Waals surface area contributed by atoms with Gasteiger partial charge in [0.05, 0.1) is 19.0 Å². The molecular formula is C26H26N6O4. The van der Waals surface area contributed by atoms with E-state index in [1.165, 1.54) is 10.9 Å². The van der Waals surface area contributed by atoms with Crippen LogP contribution in [0.15, 0.2) is 64.2 Å². The average Bonchev–Trinajstić information content (AvgIpc) is 3.47. The number of rotatable bonds is 9. The highest BCUT2D eigenvalue weighted by Crippen LogP contribution is 2.25. The van der Waals surface area contributed by atoms with E-state index in [1.54, 1.807) is 11.7 Å². The SMILES string of the molecule is CCCc1noc(Cn2cnc3c4ccccc4n(CC(=O)NCc4cccc(OC)c4)c3c2=O)n1. The van der Waals surface area contributed by atoms with Crippen molar-refractivity contribution in [3.63, 3.8) is 0 Å². The zero-order valence-corrected chi connectivity index (χ0v) is 20.1. The van der Waals surface area contributed by atoms with Gasteiger partial charge in [0.1, 0.15) is 29.9 Å². The molecule has 184 valence electrons. The number of hydrogen-bond acceptors (Lipinski definition) is 7. The minimum Gasteiger partial charge on any atom is -0.497 e. The molecule has 0 saturated carbocycles. The molecule has 0 atom stereocenters. The van der Waals surface area contributed by atoms with Gasteiger partial charge in [-0.25, -0.2) is 4.98 Å². The zero-order valence-electron chi connectivity index (χ0n) is 20.1. The molecule has 10 heteroatoms. The molecule has 3 heterocycles. The molecule has 36 heavy (non-hydrogen) atoms. The summed E-state index contributed by atoms with van der Waals surface area (Å²) in [6.07, 6.45) is 3.08. The Balaban J connectivity index is 1.46. The number of amides is 1. The molecule has 0 spiro atoms. The van der Waals surface area contributed by atoms with Crippen molar-refractivity contribution in [1.29, 1.82) is 0 Å². The molecular weight excluding hydrogens is 460 g/mol. The first kappa shape index (κ1) is 23.3. The van der Waals surface area contributed by atoms with Crippen molar-refractivity contribution >= 4 is 27.8 Å². The van der Waals surface area contributed by atoms with E-state index in [2.05, 4.69) is 20.4 Å². The molecule has 0 unspecified atom stereocenters. The summed E-state index contributed by atoms with van der Waals surface area (Å²) in [6.45, 7) is 2.44. The van der Waals surface area contributed by atoms with Gasteiger partial charge >= 0.3 is 0 Å². The number of fused-ring (bicyclic) bond motifs is 3. The van der Waals surface area contributed by atoms with Gasteiger partial charge in [0.15, 0.2) is 5.82 Å². The van der Waals surface area contributed by atoms with Crippen LogP contribution in [0.5, 0.6) is 5.75 Å². The van der Waals surface area contributed by atoms with E-state index in [1.807, 2.05) is 55.5 Å². The third-order valence-electron chi connectivity index (χ3n) is 5.95. The Hall–Kier alpha value is -4.47. The lowest BCUT2D eigenvalue weighted by atomic mass is 10.2. The number of nitrogens with one attached hydrogen (secondary N) is 1. The van der Waals surface area contributed by atoms with Gasteiger partial charge in [-0.05, 0) is 30.2 Å². The highest BCUT2D eigenvalue weighted by molar-refractivity contribution is 6.06. The summed E-state index contributed by atoms with van der Waals surface area (Å²) < 4.78 is 13.7. The molecule has 0 radical (unpaired) electrons. The molecule has 0 aliphatic heterocycles. The molecule has 0 saturated heterocycles. The first-order chi connectivity index (χ1) is 17.6. The van der Waals surface area contributed by atoms with E-state index in [9.17, 15) is 9.59 Å². The summed E-state index contributed by atoms with van der Waals surface area (Å²) in [5.74, 6) is 1.44. The maximum atomic E-state index is 13.6. The Bertz CT molecular complexity index is 1600. The average molecular weight is 487 g/mol. The molecule has 5 rings (SSSR count). The third kappa shape index (κ3) is 4.57. The van der Waals surface area contributed by atoms with Crippen LogP contribution in [0.1, 0.15) is 30.6 Å². The second-order valence-corrected chi connectivity index (χ2v) is 8.46. The van der Waals surface area contributed by atoms with Gasteiger partial charge in [-0.2, -0.15) is 4.98 Å². The van der Waals surface area contributed by atoms with Gasteiger partial charge in [0.2, 0.25) is 11.8 Å². The van der Waals surface area contributed by atoms with E-state index in [4.69, 9.17) is 9.26 Å². The van der Waals surface area contributed by atoms with Gasteiger partial charge in [-0.3, -0.25) is 14.2 Å². The topological polar surface area (TPSA) is 117 Å². The van der Waals surface area contributed by atoms with Crippen LogP contribution in [0, 0.1) is 0 Å². The van der Waals surface area contributed by atoms with E-state index in [0.29, 0.717) is 35.7 Å².